The molecule has 0 spiro atoms. The monoisotopic (exact) mass is 419 g/mol. The summed E-state index contributed by atoms with van der Waals surface area (Å²) < 4.78 is 19.2. The topological polar surface area (TPSA) is 55.4 Å². The lowest BCUT2D eigenvalue weighted by atomic mass is 9.95. The van der Waals surface area contributed by atoms with Gasteiger partial charge in [-0.25, -0.2) is 9.18 Å². The number of amides is 1. The van der Waals surface area contributed by atoms with E-state index in [2.05, 4.69) is 21.2 Å². The molecule has 0 bridgehead atoms. The normalized spacial score (nSPS) is 18.3. The summed E-state index contributed by atoms with van der Waals surface area (Å²) >= 11 is 3.44. The highest BCUT2D eigenvalue weighted by atomic mass is 79.9. The molecule has 4 nitrogen and oxygen atoms in total. The van der Waals surface area contributed by atoms with E-state index in [4.69, 9.17) is 4.74 Å². The smallest absolute Gasteiger partial charge is 0.332 e. The number of halogens is 2. The molecule has 136 valence electrons. The predicted octanol–water partition coefficient (Wildman–Crippen LogP) is 3.35. The lowest BCUT2D eigenvalue weighted by Crippen LogP contribution is -2.56. The Kier molecular flexibility index (Phi) is 5.41. The quantitative estimate of drug-likeness (QED) is 0.755. The second kappa shape index (κ2) is 7.58. The van der Waals surface area contributed by atoms with Crippen LogP contribution in [-0.4, -0.2) is 24.0 Å². The molecule has 0 fully saturated rings. The summed E-state index contributed by atoms with van der Waals surface area (Å²) in [6, 6.07) is 11.6. The van der Waals surface area contributed by atoms with E-state index in [9.17, 15) is 14.0 Å². The van der Waals surface area contributed by atoms with Gasteiger partial charge in [-0.05, 0) is 47.9 Å². The number of nitrogens with one attached hydrogen (secondary N) is 1. The number of carbonyl (C=O) groups is 2. The first-order chi connectivity index (χ1) is 12.4. The number of carbonyl (C=O) groups excluding carboxylic acids is 2. The summed E-state index contributed by atoms with van der Waals surface area (Å²) in [5, 5.41) is 2.88. The Balaban J connectivity index is 1.80. The average Bonchev–Trinajstić information content (AvgIpc) is 2.95. The van der Waals surface area contributed by atoms with Crippen molar-refractivity contribution in [1.82, 2.24) is 5.32 Å². The Hall–Kier alpha value is -2.21. The minimum atomic E-state index is -1.10. The van der Waals surface area contributed by atoms with Crippen molar-refractivity contribution < 1.29 is 18.7 Å². The van der Waals surface area contributed by atoms with Crippen LogP contribution < -0.4 is 5.32 Å². The van der Waals surface area contributed by atoms with Gasteiger partial charge < -0.3 is 10.1 Å². The van der Waals surface area contributed by atoms with Crippen LogP contribution >= 0.6 is 15.9 Å². The van der Waals surface area contributed by atoms with Crippen LogP contribution in [0.2, 0.25) is 0 Å². The van der Waals surface area contributed by atoms with Crippen molar-refractivity contribution in [2.45, 2.75) is 31.7 Å². The number of hydrogen-bond donors (Lipinski definition) is 1. The molecule has 3 rings (SSSR count). The summed E-state index contributed by atoms with van der Waals surface area (Å²) in [5.74, 6) is -1.08. The third kappa shape index (κ3) is 3.96. The van der Waals surface area contributed by atoms with Gasteiger partial charge in [0.2, 0.25) is 5.91 Å². The van der Waals surface area contributed by atoms with Gasteiger partial charge in [0.15, 0.2) is 0 Å². The van der Waals surface area contributed by atoms with Gasteiger partial charge in [-0.3, -0.25) is 4.79 Å². The van der Waals surface area contributed by atoms with Crippen LogP contribution in [0.4, 0.5) is 4.39 Å². The van der Waals surface area contributed by atoms with Crippen LogP contribution in [0.25, 0.3) is 0 Å². The number of hydrogen-bond acceptors (Lipinski definition) is 3. The summed E-state index contributed by atoms with van der Waals surface area (Å²) in [4.78, 5) is 25.2. The maximum atomic E-state index is 13.0. The highest BCUT2D eigenvalue weighted by Crippen LogP contribution is 2.33. The van der Waals surface area contributed by atoms with Crippen LogP contribution in [0.5, 0.6) is 0 Å². The maximum absolute atomic E-state index is 13.0. The minimum Gasteiger partial charge on any atom is -0.464 e. The molecule has 1 atom stereocenters. The number of rotatable bonds is 5. The summed E-state index contributed by atoms with van der Waals surface area (Å²) in [6.07, 6.45) is 0.848. The van der Waals surface area contributed by atoms with E-state index < -0.39 is 11.5 Å². The van der Waals surface area contributed by atoms with Gasteiger partial charge in [0, 0.05) is 17.3 Å². The molecule has 0 heterocycles. The van der Waals surface area contributed by atoms with E-state index in [1.165, 1.54) is 12.1 Å². The SMILES string of the molecule is CCOC(=O)C1(NC(=O)Cc2ccc(F)cc2)Cc2ccc(Br)cc2C1. The zero-order valence-corrected chi connectivity index (χ0v) is 15.9. The van der Waals surface area contributed by atoms with E-state index >= 15 is 0 Å². The molecular weight excluding hydrogens is 401 g/mol. The average molecular weight is 420 g/mol. The van der Waals surface area contributed by atoms with Crippen molar-refractivity contribution in [3.05, 3.63) is 69.4 Å². The second-order valence-electron chi connectivity index (χ2n) is 6.42. The Morgan fingerprint density at radius 2 is 1.85 bits per heavy atom. The zero-order valence-electron chi connectivity index (χ0n) is 14.4. The fourth-order valence-electron chi connectivity index (χ4n) is 3.30. The van der Waals surface area contributed by atoms with Gasteiger partial charge in [-0.1, -0.05) is 34.1 Å². The highest BCUT2D eigenvalue weighted by molar-refractivity contribution is 9.10. The molecule has 1 amide bonds. The third-order valence-corrected chi connectivity index (χ3v) is 4.97. The van der Waals surface area contributed by atoms with Crippen LogP contribution in [0.3, 0.4) is 0 Å². The fraction of sp³-hybridized carbons (Fsp3) is 0.300. The molecule has 0 aromatic heterocycles. The number of benzene rings is 2. The molecule has 0 aliphatic heterocycles. The van der Waals surface area contributed by atoms with Gasteiger partial charge in [0.25, 0.3) is 0 Å². The molecule has 1 aliphatic rings. The Morgan fingerprint density at radius 1 is 1.15 bits per heavy atom. The Labute approximate surface area is 159 Å². The summed E-state index contributed by atoms with van der Waals surface area (Å²) in [6.45, 7) is 1.99. The first-order valence-electron chi connectivity index (χ1n) is 8.42. The molecule has 1 N–H and O–H groups in total. The van der Waals surface area contributed by atoms with Gasteiger partial charge in [-0.15, -0.1) is 0 Å². The molecule has 0 saturated heterocycles. The standard InChI is InChI=1S/C20H19BrFNO3/c1-2-26-19(25)20(11-14-5-6-16(21)10-15(14)12-20)23-18(24)9-13-3-7-17(22)8-4-13/h3-8,10H,2,9,11-12H2,1H3,(H,23,24). The number of esters is 1. The molecule has 1 aliphatic carbocycles. The van der Waals surface area contributed by atoms with Crippen molar-refractivity contribution in [3.63, 3.8) is 0 Å². The van der Waals surface area contributed by atoms with Crippen LogP contribution in [0.1, 0.15) is 23.6 Å². The number of ether oxygens (including phenoxy) is 1. The van der Waals surface area contributed by atoms with E-state index in [-0.39, 0.29) is 24.8 Å². The van der Waals surface area contributed by atoms with Gasteiger partial charge in [0.05, 0.1) is 13.0 Å². The summed E-state index contributed by atoms with van der Waals surface area (Å²) in [7, 11) is 0. The van der Waals surface area contributed by atoms with Crippen molar-refractivity contribution in [2.24, 2.45) is 0 Å². The molecule has 26 heavy (non-hydrogen) atoms. The van der Waals surface area contributed by atoms with Crippen molar-refractivity contribution in [3.8, 4) is 0 Å². The van der Waals surface area contributed by atoms with E-state index in [1.54, 1.807) is 19.1 Å². The summed E-state index contributed by atoms with van der Waals surface area (Å²) in [5.41, 5.74) is 1.61. The zero-order chi connectivity index (χ0) is 18.7. The van der Waals surface area contributed by atoms with Crippen molar-refractivity contribution >= 4 is 27.8 Å². The molecule has 2 aromatic rings. The number of fused-ring (bicyclic) bond motifs is 1. The molecule has 1 unspecified atom stereocenters. The third-order valence-electron chi connectivity index (χ3n) is 4.48. The predicted molar refractivity (Wildman–Crippen MR) is 99.2 cm³/mol. The lowest BCUT2D eigenvalue weighted by molar-refractivity contribution is -0.153. The largest absolute Gasteiger partial charge is 0.464 e. The second-order valence-corrected chi connectivity index (χ2v) is 7.34. The molecule has 6 heteroatoms. The van der Waals surface area contributed by atoms with E-state index in [0.29, 0.717) is 18.4 Å². The van der Waals surface area contributed by atoms with Gasteiger partial charge >= 0.3 is 5.97 Å². The first-order valence-corrected chi connectivity index (χ1v) is 9.21. The van der Waals surface area contributed by atoms with Gasteiger partial charge in [0.1, 0.15) is 11.4 Å². The maximum Gasteiger partial charge on any atom is 0.332 e. The molecule has 2 aromatic carbocycles. The van der Waals surface area contributed by atoms with Crippen molar-refractivity contribution in [2.75, 3.05) is 6.61 Å². The fourth-order valence-corrected chi connectivity index (χ4v) is 3.70. The van der Waals surface area contributed by atoms with Crippen LogP contribution in [0, 0.1) is 5.82 Å². The first kappa shape index (κ1) is 18.6. The van der Waals surface area contributed by atoms with Gasteiger partial charge in [-0.2, -0.15) is 0 Å². The van der Waals surface area contributed by atoms with E-state index in [1.807, 2.05) is 18.2 Å². The van der Waals surface area contributed by atoms with E-state index in [0.717, 1.165) is 15.6 Å². The van der Waals surface area contributed by atoms with Crippen LogP contribution in [-0.2, 0) is 33.6 Å². The molecule has 0 saturated carbocycles. The Morgan fingerprint density at radius 3 is 2.54 bits per heavy atom. The van der Waals surface area contributed by atoms with Crippen molar-refractivity contribution in [1.29, 1.82) is 0 Å². The van der Waals surface area contributed by atoms with Crippen LogP contribution in [0.15, 0.2) is 46.9 Å². The minimum absolute atomic E-state index is 0.0709. The lowest BCUT2D eigenvalue weighted by Gasteiger charge is -2.28. The Bertz CT molecular complexity index is 837. The molecular formula is C20H19BrFNO3. The molecule has 0 radical (unpaired) electrons. The highest BCUT2D eigenvalue weighted by Gasteiger charge is 2.46.